The fraction of sp³-hybridized carbons (Fsp3) is 0.609. The molecule has 1 aromatic rings. The number of aryl methyl sites for hydroxylation is 1. The predicted molar refractivity (Wildman–Crippen MR) is 123 cm³/mol. The van der Waals surface area contributed by atoms with E-state index in [0.29, 0.717) is 37.6 Å². The van der Waals surface area contributed by atoms with Gasteiger partial charge in [0.05, 0.1) is 11.4 Å². The standard InChI is InChI=1S/C23H36N4O3S/c1-19(2)8-11-25-12-9-21(10-13-25)24-23(28)18-26-14-16-27(17-15-26)31(29,30)22-6-4-20(3)5-7-22/h4-8,21H,9-18H2,1-3H3,(H,24,28). The molecule has 8 heteroatoms. The number of amides is 1. The van der Waals surface area contributed by atoms with Gasteiger partial charge in [0.2, 0.25) is 15.9 Å². The van der Waals surface area contributed by atoms with Gasteiger partial charge in [0.15, 0.2) is 0 Å². The van der Waals surface area contributed by atoms with Crippen molar-refractivity contribution in [3.05, 3.63) is 41.5 Å². The summed E-state index contributed by atoms with van der Waals surface area (Å²) in [5.41, 5.74) is 2.37. The molecule has 3 rings (SSSR count). The highest BCUT2D eigenvalue weighted by Crippen LogP contribution is 2.18. The summed E-state index contributed by atoms with van der Waals surface area (Å²) in [7, 11) is -3.47. The van der Waals surface area contributed by atoms with Gasteiger partial charge >= 0.3 is 0 Å². The number of benzene rings is 1. The SMILES string of the molecule is CC(C)=CCN1CCC(NC(=O)CN2CCN(S(=O)(=O)c3ccc(C)cc3)CC2)CC1. The summed E-state index contributed by atoms with van der Waals surface area (Å²) in [6, 6.07) is 7.20. The lowest BCUT2D eigenvalue weighted by Crippen LogP contribution is -2.52. The summed E-state index contributed by atoms with van der Waals surface area (Å²) in [5, 5.41) is 3.17. The van der Waals surface area contributed by atoms with Crippen molar-refractivity contribution < 1.29 is 13.2 Å². The molecule has 2 saturated heterocycles. The lowest BCUT2D eigenvalue weighted by Gasteiger charge is -2.35. The zero-order valence-corrected chi connectivity index (χ0v) is 19.8. The average molecular weight is 449 g/mol. The molecule has 2 fully saturated rings. The molecule has 2 aliphatic rings. The average Bonchev–Trinajstić information content (AvgIpc) is 2.74. The summed E-state index contributed by atoms with van der Waals surface area (Å²) < 4.78 is 27.2. The third kappa shape index (κ3) is 6.87. The Hall–Kier alpha value is -1.74. The minimum atomic E-state index is -3.47. The van der Waals surface area contributed by atoms with Crippen LogP contribution in [0.15, 0.2) is 40.8 Å². The third-order valence-electron chi connectivity index (χ3n) is 6.07. The van der Waals surface area contributed by atoms with E-state index in [1.165, 1.54) is 9.88 Å². The van der Waals surface area contributed by atoms with E-state index in [-0.39, 0.29) is 11.9 Å². The molecule has 0 radical (unpaired) electrons. The Kier molecular flexibility index (Phi) is 8.27. The molecule has 0 bridgehead atoms. The molecule has 31 heavy (non-hydrogen) atoms. The summed E-state index contributed by atoms with van der Waals surface area (Å²) in [6.45, 7) is 11.4. The van der Waals surface area contributed by atoms with Crippen molar-refractivity contribution >= 4 is 15.9 Å². The Bertz CT molecular complexity index is 863. The first-order chi connectivity index (χ1) is 14.7. The largest absolute Gasteiger partial charge is 0.352 e. The molecule has 0 spiro atoms. The number of sulfonamides is 1. The second kappa shape index (κ2) is 10.7. The van der Waals surface area contributed by atoms with Gasteiger partial charge in [-0.05, 0) is 45.7 Å². The van der Waals surface area contributed by atoms with Crippen molar-refractivity contribution in [2.45, 2.75) is 44.6 Å². The van der Waals surface area contributed by atoms with E-state index in [1.807, 2.05) is 24.0 Å². The fourth-order valence-corrected chi connectivity index (χ4v) is 5.46. The van der Waals surface area contributed by atoms with Crippen LogP contribution >= 0.6 is 0 Å². The quantitative estimate of drug-likeness (QED) is 0.645. The maximum Gasteiger partial charge on any atom is 0.243 e. The van der Waals surface area contributed by atoms with Crippen LogP contribution in [0.25, 0.3) is 0 Å². The van der Waals surface area contributed by atoms with E-state index in [2.05, 4.69) is 30.1 Å². The fourth-order valence-electron chi connectivity index (χ4n) is 4.04. The monoisotopic (exact) mass is 448 g/mol. The first-order valence-corrected chi connectivity index (χ1v) is 12.6. The van der Waals surface area contributed by atoms with Crippen molar-refractivity contribution in [1.82, 2.24) is 19.4 Å². The number of hydrogen-bond donors (Lipinski definition) is 1. The van der Waals surface area contributed by atoms with Gasteiger partial charge < -0.3 is 5.32 Å². The summed E-state index contributed by atoms with van der Waals surface area (Å²) >= 11 is 0. The van der Waals surface area contributed by atoms with E-state index >= 15 is 0 Å². The third-order valence-corrected chi connectivity index (χ3v) is 7.98. The number of likely N-dealkylation sites (tertiary alicyclic amines) is 1. The van der Waals surface area contributed by atoms with E-state index in [1.54, 1.807) is 12.1 Å². The van der Waals surface area contributed by atoms with E-state index in [0.717, 1.165) is 38.0 Å². The van der Waals surface area contributed by atoms with Gasteiger partial charge in [-0.1, -0.05) is 29.3 Å². The smallest absolute Gasteiger partial charge is 0.243 e. The highest BCUT2D eigenvalue weighted by Gasteiger charge is 2.29. The zero-order chi connectivity index (χ0) is 22.4. The van der Waals surface area contributed by atoms with Gasteiger partial charge in [-0.15, -0.1) is 0 Å². The lowest BCUT2D eigenvalue weighted by atomic mass is 10.0. The number of piperazine rings is 1. The topological polar surface area (TPSA) is 73.0 Å². The van der Waals surface area contributed by atoms with Crippen molar-refractivity contribution in [3.63, 3.8) is 0 Å². The summed E-state index contributed by atoms with van der Waals surface area (Å²) in [6.07, 6.45) is 4.20. The molecule has 1 amide bonds. The number of piperidine rings is 1. The number of nitrogens with one attached hydrogen (secondary N) is 1. The van der Waals surface area contributed by atoms with Gasteiger partial charge in [-0.25, -0.2) is 8.42 Å². The molecule has 2 aliphatic heterocycles. The summed E-state index contributed by atoms with van der Waals surface area (Å²) in [4.78, 5) is 17.3. The van der Waals surface area contributed by atoms with Gasteiger partial charge in [0, 0.05) is 51.9 Å². The molecule has 0 saturated carbocycles. The van der Waals surface area contributed by atoms with Crippen LogP contribution in [0.5, 0.6) is 0 Å². The van der Waals surface area contributed by atoms with Gasteiger partial charge in [0.1, 0.15) is 0 Å². The van der Waals surface area contributed by atoms with Crippen LogP contribution < -0.4 is 5.32 Å². The number of hydrogen-bond acceptors (Lipinski definition) is 5. The van der Waals surface area contributed by atoms with E-state index < -0.39 is 10.0 Å². The molecule has 1 aromatic carbocycles. The number of allylic oxidation sites excluding steroid dienone is 1. The molecule has 7 nitrogen and oxygen atoms in total. The van der Waals surface area contributed by atoms with Crippen LogP contribution in [0.3, 0.4) is 0 Å². The number of rotatable bonds is 7. The maximum atomic E-state index is 12.8. The predicted octanol–water partition coefficient (Wildman–Crippen LogP) is 1.85. The van der Waals surface area contributed by atoms with Gasteiger partial charge in [-0.3, -0.25) is 14.6 Å². The highest BCUT2D eigenvalue weighted by molar-refractivity contribution is 7.89. The lowest BCUT2D eigenvalue weighted by molar-refractivity contribution is -0.123. The summed E-state index contributed by atoms with van der Waals surface area (Å²) in [5.74, 6) is 0.0394. The molecule has 0 aromatic heterocycles. The normalized spacial score (nSPS) is 19.8. The second-order valence-corrected chi connectivity index (χ2v) is 10.9. The number of carbonyl (C=O) groups excluding carboxylic acids is 1. The molecular formula is C23H36N4O3S. The highest BCUT2D eigenvalue weighted by atomic mass is 32.2. The van der Waals surface area contributed by atoms with Gasteiger partial charge in [0.25, 0.3) is 0 Å². The molecule has 0 unspecified atom stereocenters. The Morgan fingerprint density at radius 3 is 2.19 bits per heavy atom. The minimum Gasteiger partial charge on any atom is -0.352 e. The molecule has 172 valence electrons. The zero-order valence-electron chi connectivity index (χ0n) is 19.0. The maximum absolute atomic E-state index is 12.8. The number of carbonyl (C=O) groups is 1. The van der Waals surface area contributed by atoms with E-state index in [9.17, 15) is 13.2 Å². The van der Waals surface area contributed by atoms with Crippen LogP contribution in [0.1, 0.15) is 32.3 Å². The van der Waals surface area contributed by atoms with Crippen LogP contribution in [0.4, 0.5) is 0 Å². The first kappa shape index (κ1) is 23.9. The van der Waals surface area contributed by atoms with Crippen molar-refractivity contribution in [2.24, 2.45) is 0 Å². The molecular weight excluding hydrogens is 412 g/mol. The Balaban J connectivity index is 1.40. The Morgan fingerprint density at radius 2 is 1.61 bits per heavy atom. The second-order valence-electron chi connectivity index (χ2n) is 8.92. The van der Waals surface area contributed by atoms with Crippen LogP contribution in [-0.2, 0) is 14.8 Å². The minimum absolute atomic E-state index is 0.0394. The molecule has 1 N–H and O–H groups in total. The van der Waals surface area contributed by atoms with Crippen LogP contribution in [0.2, 0.25) is 0 Å². The first-order valence-electron chi connectivity index (χ1n) is 11.2. The van der Waals surface area contributed by atoms with Crippen LogP contribution in [0, 0.1) is 6.92 Å². The van der Waals surface area contributed by atoms with Crippen molar-refractivity contribution in [2.75, 3.05) is 52.4 Å². The van der Waals surface area contributed by atoms with Crippen LogP contribution in [-0.4, -0.2) is 86.8 Å². The van der Waals surface area contributed by atoms with Crippen molar-refractivity contribution in [3.8, 4) is 0 Å². The Labute approximate surface area is 187 Å². The van der Waals surface area contributed by atoms with E-state index in [4.69, 9.17) is 0 Å². The number of nitrogens with zero attached hydrogens (tertiary/aromatic N) is 3. The van der Waals surface area contributed by atoms with Crippen molar-refractivity contribution in [1.29, 1.82) is 0 Å². The van der Waals surface area contributed by atoms with Gasteiger partial charge in [-0.2, -0.15) is 4.31 Å². The molecule has 0 atom stereocenters. The molecule has 2 heterocycles. The molecule has 0 aliphatic carbocycles. The Morgan fingerprint density at radius 1 is 1.00 bits per heavy atom.